The second-order valence-electron chi connectivity index (χ2n) is 12.6. The van der Waals surface area contributed by atoms with Crippen LogP contribution in [0.25, 0.3) is 49.4 Å². The van der Waals surface area contributed by atoms with Gasteiger partial charge in [0.1, 0.15) is 0 Å². The molecule has 214 valence electrons. The lowest BCUT2D eigenvalue weighted by atomic mass is 9.71. The zero-order chi connectivity index (χ0) is 30.1. The number of para-hydroxylation sites is 4. The average molecular weight is 577 g/mol. The van der Waals surface area contributed by atoms with Gasteiger partial charge in [-0.2, -0.15) is 0 Å². The van der Waals surface area contributed by atoms with Gasteiger partial charge in [0.2, 0.25) is 0 Å². The van der Waals surface area contributed by atoms with Gasteiger partial charge in [-0.3, -0.25) is 0 Å². The summed E-state index contributed by atoms with van der Waals surface area (Å²) in [6, 6.07) is 57.6. The number of benzene rings is 7. The summed E-state index contributed by atoms with van der Waals surface area (Å²) < 4.78 is 2.39. The summed E-state index contributed by atoms with van der Waals surface area (Å²) in [5.74, 6) is 0. The van der Waals surface area contributed by atoms with Crippen molar-refractivity contribution in [3.8, 4) is 16.8 Å². The Kier molecular flexibility index (Phi) is 5.58. The van der Waals surface area contributed by atoms with E-state index in [4.69, 9.17) is 0 Å². The molecule has 9 rings (SSSR count). The van der Waals surface area contributed by atoms with Crippen molar-refractivity contribution in [3.05, 3.63) is 169 Å². The molecule has 0 N–H and O–H groups in total. The van der Waals surface area contributed by atoms with Crippen LogP contribution in [-0.4, -0.2) is 4.57 Å². The number of nitrogens with zero attached hydrogens (tertiary/aromatic N) is 2. The summed E-state index contributed by atoms with van der Waals surface area (Å²) in [5.41, 5.74) is 12.3. The first kappa shape index (κ1) is 25.9. The van der Waals surface area contributed by atoms with Gasteiger partial charge in [0.15, 0.2) is 0 Å². The Labute approximate surface area is 263 Å². The van der Waals surface area contributed by atoms with E-state index in [1.807, 2.05) is 0 Å². The van der Waals surface area contributed by atoms with Crippen molar-refractivity contribution in [2.24, 2.45) is 0 Å². The Morgan fingerprint density at radius 3 is 1.82 bits per heavy atom. The van der Waals surface area contributed by atoms with E-state index in [-0.39, 0.29) is 5.41 Å². The van der Waals surface area contributed by atoms with Gasteiger partial charge in [0.05, 0.1) is 22.4 Å². The molecular formula is C43H32N2. The van der Waals surface area contributed by atoms with Gasteiger partial charge in [0.25, 0.3) is 0 Å². The topological polar surface area (TPSA) is 8.17 Å². The molecular weight excluding hydrogens is 544 g/mol. The van der Waals surface area contributed by atoms with E-state index >= 15 is 0 Å². The Balaban J connectivity index is 1.35. The molecule has 7 aromatic carbocycles. The normalized spacial score (nSPS) is 13.7. The third-order valence-electron chi connectivity index (χ3n) is 9.74. The zero-order valence-electron chi connectivity index (χ0n) is 25.4. The quantitative estimate of drug-likeness (QED) is 0.203. The SMILES string of the molecule is CC1(C)c2ccccc2N(c2ccccc2)c2c1cc(-c1ccc3c(c1)c1ccccc1n3-c1ccccc1)c1ccccc21. The summed E-state index contributed by atoms with van der Waals surface area (Å²) in [7, 11) is 0. The molecule has 0 saturated heterocycles. The van der Waals surface area contributed by atoms with Gasteiger partial charge >= 0.3 is 0 Å². The molecule has 8 aromatic rings. The van der Waals surface area contributed by atoms with Crippen molar-refractivity contribution in [1.82, 2.24) is 4.57 Å². The third-order valence-corrected chi connectivity index (χ3v) is 9.74. The maximum absolute atomic E-state index is 2.47. The summed E-state index contributed by atoms with van der Waals surface area (Å²) in [5, 5.41) is 5.07. The molecule has 45 heavy (non-hydrogen) atoms. The van der Waals surface area contributed by atoms with Crippen LogP contribution in [0.4, 0.5) is 17.1 Å². The van der Waals surface area contributed by atoms with Crippen LogP contribution in [0.15, 0.2) is 158 Å². The van der Waals surface area contributed by atoms with E-state index in [9.17, 15) is 0 Å². The lowest BCUT2D eigenvalue weighted by Crippen LogP contribution is -2.31. The average Bonchev–Trinajstić information content (AvgIpc) is 3.43. The molecule has 0 fully saturated rings. The van der Waals surface area contributed by atoms with E-state index in [1.54, 1.807) is 0 Å². The second-order valence-corrected chi connectivity index (χ2v) is 12.6. The van der Waals surface area contributed by atoms with Crippen molar-refractivity contribution in [1.29, 1.82) is 0 Å². The van der Waals surface area contributed by atoms with Crippen LogP contribution in [-0.2, 0) is 5.41 Å². The predicted octanol–water partition coefficient (Wildman–Crippen LogP) is 11.7. The Morgan fingerprint density at radius 1 is 0.444 bits per heavy atom. The summed E-state index contributed by atoms with van der Waals surface area (Å²) in [4.78, 5) is 2.47. The molecule has 0 saturated carbocycles. The summed E-state index contributed by atoms with van der Waals surface area (Å²) in [6.45, 7) is 4.75. The van der Waals surface area contributed by atoms with Crippen LogP contribution in [0.3, 0.4) is 0 Å². The van der Waals surface area contributed by atoms with Gasteiger partial charge in [0, 0.05) is 32.9 Å². The van der Waals surface area contributed by atoms with Crippen LogP contribution in [0, 0.1) is 0 Å². The highest BCUT2D eigenvalue weighted by molar-refractivity contribution is 6.13. The standard InChI is InChI=1S/C43H32N2/c1-43(2)37-22-12-14-24-41(37)45(31-17-7-4-8-18-31)42-34-21-10-9-19-32(34)35(28-38(42)43)29-25-26-40-36(27-29)33-20-11-13-23-39(33)44(40)30-15-5-3-6-16-30/h3-28H,1-2H3. The van der Waals surface area contributed by atoms with Crippen molar-refractivity contribution >= 4 is 49.6 Å². The first-order chi connectivity index (χ1) is 22.1. The molecule has 0 atom stereocenters. The van der Waals surface area contributed by atoms with Crippen molar-refractivity contribution in [2.75, 3.05) is 4.90 Å². The van der Waals surface area contributed by atoms with E-state index in [0.717, 1.165) is 0 Å². The van der Waals surface area contributed by atoms with E-state index < -0.39 is 0 Å². The molecule has 0 amide bonds. The van der Waals surface area contributed by atoms with Gasteiger partial charge in [-0.05, 0) is 82.2 Å². The molecule has 2 nitrogen and oxygen atoms in total. The van der Waals surface area contributed by atoms with Crippen molar-refractivity contribution in [2.45, 2.75) is 19.3 Å². The smallest absolute Gasteiger partial charge is 0.0581 e. The maximum atomic E-state index is 2.47. The fourth-order valence-electron chi connectivity index (χ4n) is 7.62. The van der Waals surface area contributed by atoms with Crippen LogP contribution in [0.2, 0.25) is 0 Å². The highest BCUT2D eigenvalue weighted by atomic mass is 15.2. The lowest BCUT2D eigenvalue weighted by molar-refractivity contribution is 0.633. The highest BCUT2D eigenvalue weighted by Crippen LogP contribution is 2.55. The van der Waals surface area contributed by atoms with Crippen molar-refractivity contribution in [3.63, 3.8) is 0 Å². The fraction of sp³-hybridized carbons (Fsp3) is 0.0698. The molecule has 0 spiro atoms. The molecule has 0 unspecified atom stereocenters. The molecule has 1 aromatic heterocycles. The third kappa shape index (κ3) is 3.76. The van der Waals surface area contributed by atoms with Crippen molar-refractivity contribution < 1.29 is 0 Å². The molecule has 0 aliphatic carbocycles. The maximum Gasteiger partial charge on any atom is 0.0581 e. The monoisotopic (exact) mass is 576 g/mol. The Morgan fingerprint density at radius 2 is 1.04 bits per heavy atom. The van der Waals surface area contributed by atoms with Crippen LogP contribution < -0.4 is 4.90 Å². The van der Waals surface area contributed by atoms with Gasteiger partial charge in [-0.25, -0.2) is 0 Å². The van der Waals surface area contributed by atoms with Gasteiger partial charge < -0.3 is 9.47 Å². The molecule has 2 heteroatoms. The Hall–Kier alpha value is -5.60. The second kappa shape index (κ2) is 9.70. The molecule has 1 aliphatic heterocycles. The molecule has 2 heterocycles. The lowest BCUT2D eigenvalue weighted by Gasteiger charge is -2.43. The summed E-state index contributed by atoms with van der Waals surface area (Å²) in [6.07, 6.45) is 0. The first-order valence-electron chi connectivity index (χ1n) is 15.7. The van der Waals surface area contributed by atoms with E-state index in [2.05, 4.69) is 181 Å². The number of aromatic nitrogens is 1. The summed E-state index contributed by atoms with van der Waals surface area (Å²) >= 11 is 0. The van der Waals surface area contributed by atoms with Gasteiger partial charge in [-0.1, -0.05) is 117 Å². The van der Waals surface area contributed by atoms with Crippen LogP contribution >= 0.6 is 0 Å². The minimum atomic E-state index is -0.191. The zero-order valence-corrected chi connectivity index (χ0v) is 25.4. The molecule has 1 aliphatic rings. The molecule has 0 bridgehead atoms. The van der Waals surface area contributed by atoms with E-state index in [0.29, 0.717) is 0 Å². The first-order valence-corrected chi connectivity index (χ1v) is 15.7. The van der Waals surface area contributed by atoms with Crippen LogP contribution in [0.1, 0.15) is 25.0 Å². The highest BCUT2D eigenvalue weighted by Gasteiger charge is 2.38. The Bertz CT molecular complexity index is 2400. The number of rotatable bonds is 3. The number of hydrogen-bond donors (Lipinski definition) is 0. The minimum absolute atomic E-state index is 0.191. The largest absolute Gasteiger partial charge is 0.309 e. The minimum Gasteiger partial charge on any atom is -0.309 e. The number of hydrogen-bond acceptors (Lipinski definition) is 1. The van der Waals surface area contributed by atoms with Gasteiger partial charge in [-0.15, -0.1) is 0 Å². The number of anilines is 3. The molecule has 0 radical (unpaired) electrons. The number of fused-ring (bicyclic) bond motifs is 7. The fourth-order valence-corrected chi connectivity index (χ4v) is 7.62. The predicted molar refractivity (Wildman–Crippen MR) is 191 cm³/mol. The van der Waals surface area contributed by atoms with E-state index in [1.165, 1.54) is 77.6 Å². The van der Waals surface area contributed by atoms with Crippen LogP contribution in [0.5, 0.6) is 0 Å².